The molecular weight excluding hydrogens is 346 g/mol. The molecular formula is C17H19NO6S. The number of nitrogens with zero attached hydrogens (tertiary/aromatic N) is 1. The zero-order chi connectivity index (χ0) is 18.6. The zero-order valence-corrected chi connectivity index (χ0v) is 15.0. The monoisotopic (exact) mass is 365 g/mol. The minimum Gasteiger partial charge on any atom is -0.504 e. The Kier molecular flexibility index (Phi) is 6.08. The minimum atomic E-state index is -0.625. The molecule has 0 unspecified atom stereocenters. The van der Waals surface area contributed by atoms with Crippen molar-refractivity contribution in [3.05, 3.63) is 28.7 Å². The van der Waals surface area contributed by atoms with Crippen molar-refractivity contribution in [3.8, 4) is 11.5 Å². The molecule has 1 aliphatic heterocycles. The molecule has 0 saturated carbocycles. The first-order valence-electron chi connectivity index (χ1n) is 7.67. The van der Waals surface area contributed by atoms with Crippen molar-refractivity contribution in [2.75, 3.05) is 13.7 Å². The molecule has 0 radical (unpaired) electrons. The van der Waals surface area contributed by atoms with Crippen molar-refractivity contribution < 1.29 is 29.0 Å². The number of carbonyl (C=O) groups is 3. The van der Waals surface area contributed by atoms with Crippen LogP contribution in [0.2, 0.25) is 0 Å². The molecule has 1 aromatic rings. The number of esters is 1. The quantitative estimate of drug-likeness (QED) is 0.612. The Morgan fingerprint density at radius 1 is 1.40 bits per heavy atom. The first-order chi connectivity index (χ1) is 11.8. The molecule has 0 bridgehead atoms. The number of hydrogen-bond donors (Lipinski definition) is 1. The summed E-state index contributed by atoms with van der Waals surface area (Å²) >= 11 is 0.737. The maximum absolute atomic E-state index is 12.3. The van der Waals surface area contributed by atoms with Gasteiger partial charge in [0, 0.05) is 0 Å². The van der Waals surface area contributed by atoms with Crippen LogP contribution in [-0.4, -0.2) is 46.9 Å². The molecule has 25 heavy (non-hydrogen) atoms. The van der Waals surface area contributed by atoms with Crippen LogP contribution in [0.25, 0.3) is 6.08 Å². The van der Waals surface area contributed by atoms with Gasteiger partial charge in [0.2, 0.25) is 0 Å². The van der Waals surface area contributed by atoms with Crippen molar-refractivity contribution in [2.24, 2.45) is 0 Å². The number of methoxy groups -OCH3 is 1. The highest BCUT2D eigenvalue weighted by Gasteiger charge is 2.36. The second-order valence-electron chi connectivity index (χ2n) is 5.41. The van der Waals surface area contributed by atoms with Gasteiger partial charge in [-0.05, 0) is 48.9 Å². The normalized spacial score (nSPS) is 17.1. The van der Waals surface area contributed by atoms with Crippen molar-refractivity contribution in [3.63, 3.8) is 0 Å². The van der Waals surface area contributed by atoms with Crippen LogP contribution < -0.4 is 4.74 Å². The van der Waals surface area contributed by atoms with Gasteiger partial charge in [-0.3, -0.25) is 19.3 Å². The topological polar surface area (TPSA) is 93.1 Å². The molecule has 0 aliphatic carbocycles. The lowest BCUT2D eigenvalue weighted by atomic mass is 10.2. The Labute approximate surface area is 149 Å². The highest BCUT2D eigenvalue weighted by molar-refractivity contribution is 8.18. The third-order valence-electron chi connectivity index (χ3n) is 3.57. The van der Waals surface area contributed by atoms with Crippen LogP contribution in [0.5, 0.6) is 11.5 Å². The molecule has 1 N–H and O–H groups in total. The van der Waals surface area contributed by atoms with Gasteiger partial charge >= 0.3 is 5.97 Å². The predicted molar refractivity (Wildman–Crippen MR) is 93.2 cm³/mol. The number of rotatable bonds is 6. The zero-order valence-electron chi connectivity index (χ0n) is 14.1. The van der Waals surface area contributed by atoms with E-state index >= 15 is 0 Å². The van der Waals surface area contributed by atoms with Crippen LogP contribution >= 0.6 is 11.8 Å². The number of carbonyl (C=O) groups excluding carboxylic acids is 3. The molecule has 0 spiro atoms. The lowest BCUT2D eigenvalue weighted by Gasteiger charge is -2.14. The lowest BCUT2D eigenvalue weighted by molar-refractivity contribution is -0.150. The van der Waals surface area contributed by atoms with E-state index < -0.39 is 23.7 Å². The van der Waals surface area contributed by atoms with E-state index in [-0.39, 0.29) is 16.8 Å². The molecule has 1 fully saturated rings. The van der Waals surface area contributed by atoms with E-state index in [1.165, 1.54) is 19.3 Å². The van der Waals surface area contributed by atoms with E-state index in [9.17, 15) is 19.5 Å². The van der Waals surface area contributed by atoms with E-state index in [0.29, 0.717) is 17.7 Å². The number of thioether (sulfide) groups is 1. The second-order valence-corrected chi connectivity index (χ2v) is 6.40. The Bertz CT molecular complexity index is 730. The summed E-state index contributed by atoms with van der Waals surface area (Å²) in [6.07, 6.45) is 1.85. The summed E-state index contributed by atoms with van der Waals surface area (Å²) in [7, 11) is 1.43. The van der Waals surface area contributed by atoms with Crippen molar-refractivity contribution in [1.29, 1.82) is 0 Å². The van der Waals surface area contributed by atoms with Crippen LogP contribution in [-0.2, 0) is 14.3 Å². The Balaban J connectivity index is 2.12. The average Bonchev–Trinajstić information content (AvgIpc) is 2.82. The maximum Gasteiger partial charge on any atom is 0.326 e. The number of hydrogen-bond acceptors (Lipinski definition) is 7. The van der Waals surface area contributed by atoms with Crippen LogP contribution in [0.3, 0.4) is 0 Å². The minimum absolute atomic E-state index is 0.0763. The fourth-order valence-corrected chi connectivity index (χ4v) is 2.90. The summed E-state index contributed by atoms with van der Waals surface area (Å²) in [5.41, 5.74) is 0.533. The number of ether oxygens (including phenoxy) is 2. The van der Waals surface area contributed by atoms with E-state index in [1.807, 2.05) is 6.92 Å². The average molecular weight is 365 g/mol. The molecule has 7 nitrogen and oxygen atoms in total. The fourth-order valence-electron chi connectivity index (χ4n) is 2.06. The van der Waals surface area contributed by atoms with Gasteiger partial charge in [-0.2, -0.15) is 0 Å². The number of imide groups is 1. The molecule has 1 heterocycles. The molecule has 2 rings (SSSR count). The SMILES string of the molecule is CC[C@H](C)OC(=O)CN1C(=O)S/C(=C/c2ccc(OC)c(O)c2)C1=O. The van der Waals surface area contributed by atoms with Gasteiger partial charge in [0.25, 0.3) is 11.1 Å². The highest BCUT2D eigenvalue weighted by Crippen LogP contribution is 2.34. The predicted octanol–water partition coefficient (Wildman–Crippen LogP) is 2.78. The van der Waals surface area contributed by atoms with Gasteiger partial charge in [0.1, 0.15) is 6.54 Å². The van der Waals surface area contributed by atoms with E-state index in [0.717, 1.165) is 16.7 Å². The smallest absolute Gasteiger partial charge is 0.326 e. The summed E-state index contributed by atoms with van der Waals surface area (Å²) in [5.74, 6) is -0.961. The molecule has 1 atom stereocenters. The molecule has 8 heteroatoms. The second kappa shape index (κ2) is 8.06. The number of amides is 2. The summed E-state index contributed by atoms with van der Waals surface area (Å²) < 4.78 is 10.0. The Morgan fingerprint density at radius 3 is 2.72 bits per heavy atom. The molecule has 0 aromatic heterocycles. The summed E-state index contributed by atoms with van der Waals surface area (Å²) in [6.45, 7) is 3.19. The summed E-state index contributed by atoms with van der Waals surface area (Å²) in [4.78, 5) is 37.2. The molecule has 134 valence electrons. The molecule has 1 aromatic carbocycles. The van der Waals surface area contributed by atoms with E-state index in [4.69, 9.17) is 9.47 Å². The van der Waals surface area contributed by atoms with Gasteiger partial charge in [0.15, 0.2) is 11.5 Å². The van der Waals surface area contributed by atoms with Gasteiger partial charge in [-0.1, -0.05) is 13.0 Å². The number of phenolic OH excluding ortho intramolecular Hbond substituents is 1. The van der Waals surface area contributed by atoms with E-state index in [2.05, 4.69) is 0 Å². The Hall–Kier alpha value is -2.48. The number of aromatic hydroxyl groups is 1. The standard InChI is InChI=1S/C17H19NO6S/c1-4-10(2)24-15(20)9-18-16(21)14(25-17(18)22)8-11-5-6-13(23-3)12(19)7-11/h5-8,10,19H,4,9H2,1-3H3/b14-8+/t10-/m0/s1. The van der Waals surface area contributed by atoms with Crippen molar-refractivity contribution in [2.45, 2.75) is 26.4 Å². The van der Waals surface area contributed by atoms with E-state index in [1.54, 1.807) is 19.1 Å². The van der Waals surface area contributed by atoms with Gasteiger partial charge in [-0.15, -0.1) is 0 Å². The van der Waals surface area contributed by atoms with Crippen LogP contribution in [0.15, 0.2) is 23.1 Å². The third kappa shape index (κ3) is 4.54. The largest absolute Gasteiger partial charge is 0.504 e. The highest BCUT2D eigenvalue weighted by atomic mass is 32.2. The molecule has 1 aliphatic rings. The van der Waals surface area contributed by atoms with Crippen molar-refractivity contribution in [1.82, 2.24) is 4.90 Å². The van der Waals surface area contributed by atoms with Crippen molar-refractivity contribution >= 4 is 35.0 Å². The first kappa shape index (κ1) is 18.9. The van der Waals surface area contributed by atoms with Gasteiger partial charge in [0.05, 0.1) is 18.1 Å². The van der Waals surface area contributed by atoms with Gasteiger partial charge < -0.3 is 14.6 Å². The fraction of sp³-hybridized carbons (Fsp3) is 0.353. The van der Waals surface area contributed by atoms with Crippen LogP contribution in [0.1, 0.15) is 25.8 Å². The Morgan fingerprint density at radius 2 is 2.12 bits per heavy atom. The first-order valence-corrected chi connectivity index (χ1v) is 8.49. The maximum atomic E-state index is 12.3. The number of benzene rings is 1. The number of phenols is 1. The van der Waals surface area contributed by atoms with Crippen LogP contribution in [0, 0.1) is 0 Å². The third-order valence-corrected chi connectivity index (χ3v) is 4.48. The lowest BCUT2D eigenvalue weighted by Crippen LogP contribution is -2.35. The molecule has 1 saturated heterocycles. The van der Waals surface area contributed by atoms with Gasteiger partial charge in [-0.25, -0.2) is 0 Å². The molecule has 2 amide bonds. The van der Waals surface area contributed by atoms with Crippen LogP contribution in [0.4, 0.5) is 4.79 Å². The summed E-state index contributed by atoms with van der Waals surface area (Å²) in [5, 5.41) is 9.24. The summed E-state index contributed by atoms with van der Waals surface area (Å²) in [6, 6.07) is 4.61.